The highest BCUT2D eigenvalue weighted by Crippen LogP contribution is 2.19. The molecule has 1 unspecified atom stereocenters. The zero-order chi connectivity index (χ0) is 17.6. The van der Waals surface area contributed by atoms with Crippen LogP contribution in [0.5, 0.6) is 0 Å². The van der Waals surface area contributed by atoms with Crippen molar-refractivity contribution < 1.29 is 4.79 Å². The summed E-state index contributed by atoms with van der Waals surface area (Å²) in [7, 11) is 2.14. The van der Waals surface area contributed by atoms with Gasteiger partial charge in [0.05, 0.1) is 0 Å². The van der Waals surface area contributed by atoms with E-state index in [1.807, 2.05) is 34.9 Å². The number of piperidine rings is 1. The molecule has 0 aliphatic carbocycles. The quantitative estimate of drug-likeness (QED) is 0.809. The van der Waals surface area contributed by atoms with Crippen molar-refractivity contribution in [2.45, 2.75) is 32.9 Å². The fraction of sp³-hybridized carbons (Fsp3) is 0.526. The number of amides is 1. The first-order valence-electron chi connectivity index (χ1n) is 9.05. The summed E-state index contributed by atoms with van der Waals surface area (Å²) in [6.45, 7) is 6.32. The van der Waals surface area contributed by atoms with Crippen LogP contribution in [0, 0.1) is 5.92 Å². The molecule has 6 heteroatoms. The number of nitrogens with zero attached hydrogens (tertiary/aromatic N) is 5. The van der Waals surface area contributed by atoms with Crippen molar-refractivity contribution in [2.75, 3.05) is 26.7 Å². The summed E-state index contributed by atoms with van der Waals surface area (Å²) in [6.07, 6.45) is 9.52. The lowest BCUT2D eigenvalue weighted by Gasteiger charge is -2.34. The highest BCUT2D eigenvalue weighted by atomic mass is 16.2. The van der Waals surface area contributed by atoms with E-state index in [0.29, 0.717) is 11.7 Å². The molecule has 6 nitrogen and oxygen atoms in total. The number of hydrogen-bond acceptors (Lipinski definition) is 4. The van der Waals surface area contributed by atoms with E-state index in [-0.39, 0.29) is 5.91 Å². The molecule has 0 aromatic carbocycles. The Labute approximate surface area is 149 Å². The molecule has 2 aromatic heterocycles. The maximum Gasteiger partial charge on any atom is 0.289 e. The molecule has 25 heavy (non-hydrogen) atoms. The van der Waals surface area contributed by atoms with E-state index in [1.165, 1.54) is 12.0 Å². The predicted octanol–water partition coefficient (Wildman–Crippen LogP) is 2.28. The molecule has 1 atom stereocenters. The Morgan fingerprint density at radius 2 is 2.28 bits per heavy atom. The molecule has 134 valence electrons. The number of carbonyl (C=O) groups excluding carboxylic acids is 1. The van der Waals surface area contributed by atoms with Gasteiger partial charge < -0.3 is 14.4 Å². The number of aryl methyl sites for hydroxylation is 1. The van der Waals surface area contributed by atoms with E-state index in [4.69, 9.17) is 0 Å². The minimum Gasteiger partial charge on any atom is -0.336 e. The maximum atomic E-state index is 12.8. The van der Waals surface area contributed by atoms with Crippen molar-refractivity contribution in [1.29, 1.82) is 0 Å². The first-order valence-corrected chi connectivity index (χ1v) is 9.05. The number of rotatable bonds is 6. The van der Waals surface area contributed by atoms with Crippen LogP contribution in [0.2, 0.25) is 0 Å². The largest absolute Gasteiger partial charge is 0.336 e. The highest BCUT2D eigenvalue weighted by Gasteiger charge is 2.27. The van der Waals surface area contributed by atoms with E-state index in [2.05, 4.69) is 28.0 Å². The highest BCUT2D eigenvalue weighted by molar-refractivity contribution is 5.90. The van der Waals surface area contributed by atoms with Gasteiger partial charge in [-0.2, -0.15) is 0 Å². The molecule has 1 aliphatic rings. The lowest BCUT2D eigenvalue weighted by molar-refractivity contribution is 0.0629. The van der Waals surface area contributed by atoms with Crippen LogP contribution < -0.4 is 0 Å². The number of hydrogen-bond donors (Lipinski definition) is 0. The molecule has 0 N–H and O–H groups in total. The molecular weight excluding hydrogens is 314 g/mol. The summed E-state index contributed by atoms with van der Waals surface area (Å²) < 4.78 is 1.92. The molecule has 1 aliphatic heterocycles. The Morgan fingerprint density at radius 1 is 1.40 bits per heavy atom. The first kappa shape index (κ1) is 17.6. The Hall–Kier alpha value is -2.21. The van der Waals surface area contributed by atoms with Crippen LogP contribution in [0.25, 0.3) is 0 Å². The van der Waals surface area contributed by atoms with Gasteiger partial charge in [0, 0.05) is 57.5 Å². The first-order chi connectivity index (χ1) is 12.2. The van der Waals surface area contributed by atoms with Gasteiger partial charge in [-0.05, 0) is 44.4 Å². The summed E-state index contributed by atoms with van der Waals surface area (Å²) in [6, 6.07) is 4.07. The van der Waals surface area contributed by atoms with E-state index >= 15 is 0 Å². The molecule has 1 amide bonds. The van der Waals surface area contributed by atoms with Crippen molar-refractivity contribution in [3.05, 3.63) is 48.3 Å². The summed E-state index contributed by atoms with van der Waals surface area (Å²) in [5.41, 5.74) is 1.22. The molecule has 0 spiro atoms. The van der Waals surface area contributed by atoms with Crippen LogP contribution in [0.3, 0.4) is 0 Å². The Kier molecular flexibility index (Phi) is 5.81. The van der Waals surface area contributed by atoms with Gasteiger partial charge in [-0.3, -0.25) is 9.78 Å². The van der Waals surface area contributed by atoms with Crippen LogP contribution in [0.4, 0.5) is 0 Å². The maximum absolute atomic E-state index is 12.8. The molecule has 1 saturated heterocycles. The average Bonchev–Trinajstić information content (AvgIpc) is 3.10. The van der Waals surface area contributed by atoms with Gasteiger partial charge in [-0.25, -0.2) is 4.98 Å². The van der Waals surface area contributed by atoms with E-state index in [1.54, 1.807) is 12.4 Å². The third kappa shape index (κ3) is 4.45. The molecule has 1 fully saturated rings. The third-order valence-electron chi connectivity index (χ3n) is 4.80. The van der Waals surface area contributed by atoms with Crippen molar-refractivity contribution in [2.24, 2.45) is 5.92 Å². The minimum absolute atomic E-state index is 0.0615. The van der Waals surface area contributed by atoms with Crippen molar-refractivity contribution >= 4 is 5.91 Å². The lowest BCUT2D eigenvalue weighted by Crippen LogP contribution is -2.43. The second-order valence-corrected chi connectivity index (χ2v) is 6.85. The monoisotopic (exact) mass is 341 g/mol. The van der Waals surface area contributed by atoms with Crippen LogP contribution in [-0.2, 0) is 13.1 Å². The average molecular weight is 341 g/mol. The summed E-state index contributed by atoms with van der Waals surface area (Å²) in [5.74, 6) is 1.13. The number of pyridine rings is 1. The molecular formula is C19H27N5O. The van der Waals surface area contributed by atoms with E-state index in [0.717, 1.165) is 39.1 Å². The van der Waals surface area contributed by atoms with E-state index in [9.17, 15) is 4.79 Å². The van der Waals surface area contributed by atoms with Crippen molar-refractivity contribution in [3.8, 4) is 0 Å². The molecule has 3 heterocycles. The second-order valence-electron chi connectivity index (χ2n) is 6.85. The van der Waals surface area contributed by atoms with Crippen LogP contribution >= 0.6 is 0 Å². The Morgan fingerprint density at radius 3 is 3.04 bits per heavy atom. The number of likely N-dealkylation sites (tertiary alicyclic amines) is 1. The van der Waals surface area contributed by atoms with Gasteiger partial charge in [0.2, 0.25) is 0 Å². The minimum atomic E-state index is 0.0615. The Balaban J connectivity index is 1.56. The lowest BCUT2D eigenvalue weighted by atomic mass is 9.97. The third-order valence-corrected chi connectivity index (χ3v) is 4.80. The van der Waals surface area contributed by atoms with Crippen LogP contribution in [0.1, 0.15) is 35.9 Å². The molecule has 3 rings (SSSR count). The number of carbonyl (C=O) groups is 1. The van der Waals surface area contributed by atoms with Gasteiger partial charge >= 0.3 is 0 Å². The predicted molar refractivity (Wildman–Crippen MR) is 97.1 cm³/mol. The number of imidazole rings is 1. The van der Waals surface area contributed by atoms with Gasteiger partial charge in [-0.1, -0.05) is 6.07 Å². The van der Waals surface area contributed by atoms with Gasteiger partial charge in [-0.15, -0.1) is 0 Å². The summed E-state index contributed by atoms with van der Waals surface area (Å²) in [4.78, 5) is 25.5. The fourth-order valence-electron chi connectivity index (χ4n) is 3.61. The fourth-order valence-corrected chi connectivity index (χ4v) is 3.61. The SMILES string of the molecule is CCn1ccnc1C(=O)N1CCCC(CN(C)Cc2cccnc2)C1. The number of aromatic nitrogens is 3. The van der Waals surface area contributed by atoms with Crippen molar-refractivity contribution in [3.63, 3.8) is 0 Å². The smallest absolute Gasteiger partial charge is 0.289 e. The van der Waals surface area contributed by atoms with Crippen LogP contribution in [-0.4, -0.2) is 56.9 Å². The van der Waals surface area contributed by atoms with E-state index < -0.39 is 0 Å². The van der Waals surface area contributed by atoms with Gasteiger partial charge in [0.25, 0.3) is 5.91 Å². The standard InChI is InChI=1S/C19H27N5O/c1-3-23-11-9-21-18(23)19(25)24-10-5-7-17(15-24)14-22(2)13-16-6-4-8-20-12-16/h4,6,8-9,11-12,17H,3,5,7,10,13-15H2,1-2H3. The topological polar surface area (TPSA) is 54.3 Å². The summed E-state index contributed by atoms with van der Waals surface area (Å²) in [5, 5.41) is 0. The second kappa shape index (κ2) is 8.25. The molecule has 0 radical (unpaired) electrons. The zero-order valence-corrected chi connectivity index (χ0v) is 15.1. The van der Waals surface area contributed by atoms with Crippen molar-refractivity contribution in [1.82, 2.24) is 24.3 Å². The molecule has 0 saturated carbocycles. The van der Waals surface area contributed by atoms with Crippen LogP contribution in [0.15, 0.2) is 36.9 Å². The Bertz CT molecular complexity index is 684. The van der Waals surface area contributed by atoms with Gasteiger partial charge in [0.15, 0.2) is 5.82 Å². The molecule has 2 aromatic rings. The van der Waals surface area contributed by atoms with Gasteiger partial charge in [0.1, 0.15) is 0 Å². The summed E-state index contributed by atoms with van der Waals surface area (Å²) >= 11 is 0. The zero-order valence-electron chi connectivity index (χ0n) is 15.1. The normalized spacial score (nSPS) is 17.9. The molecule has 0 bridgehead atoms.